The number of nitrogens with one attached hydrogen (secondary N) is 1. The van der Waals surface area contributed by atoms with Crippen molar-refractivity contribution in [2.24, 2.45) is 0 Å². The summed E-state index contributed by atoms with van der Waals surface area (Å²) < 4.78 is 6.81. The minimum atomic E-state index is -0.435. The summed E-state index contributed by atoms with van der Waals surface area (Å²) in [6.07, 6.45) is 2.09. The Kier molecular flexibility index (Phi) is 6.59. The van der Waals surface area contributed by atoms with E-state index in [9.17, 15) is 5.11 Å². The first-order chi connectivity index (χ1) is 11.0. The SMILES string of the molecule is COCC(O)CCNC(C)c1cnn(-c2cccc(Cl)c2)c1C. The summed E-state index contributed by atoms with van der Waals surface area (Å²) in [7, 11) is 1.59. The van der Waals surface area contributed by atoms with Gasteiger partial charge >= 0.3 is 0 Å². The van der Waals surface area contributed by atoms with Crippen molar-refractivity contribution in [2.45, 2.75) is 32.4 Å². The van der Waals surface area contributed by atoms with E-state index in [1.165, 1.54) is 0 Å². The molecule has 0 amide bonds. The summed E-state index contributed by atoms with van der Waals surface area (Å²) in [4.78, 5) is 0. The van der Waals surface area contributed by atoms with Gasteiger partial charge in [0.05, 0.1) is 24.6 Å². The molecule has 0 saturated carbocycles. The highest BCUT2D eigenvalue weighted by Gasteiger charge is 2.14. The molecule has 2 rings (SSSR count). The number of hydrogen-bond donors (Lipinski definition) is 2. The van der Waals surface area contributed by atoms with E-state index in [4.69, 9.17) is 16.3 Å². The Balaban J connectivity index is 2.01. The average molecular weight is 338 g/mol. The quantitative estimate of drug-likeness (QED) is 0.777. The van der Waals surface area contributed by atoms with Crippen molar-refractivity contribution >= 4 is 11.6 Å². The van der Waals surface area contributed by atoms with Crippen LogP contribution in [0, 0.1) is 6.92 Å². The molecule has 1 aromatic carbocycles. The van der Waals surface area contributed by atoms with Crippen LogP contribution in [0.15, 0.2) is 30.5 Å². The van der Waals surface area contributed by atoms with E-state index in [-0.39, 0.29) is 6.04 Å². The summed E-state index contributed by atoms with van der Waals surface area (Å²) in [5, 5.41) is 18.2. The summed E-state index contributed by atoms with van der Waals surface area (Å²) >= 11 is 6.05. The number of nitrogens with zero attached hydrogens (tertiary/aromatic N) is 2. The number of aromatic nitrogens is 2. The number of ether oxygens (including phenoxy) is 1. The number of benzene rings is 1. The summed E-state index contributed by atoms with van der Waals surface area (Å²) in [6.45, 7) is 5.21. The third-order valence-corrected chi connectivity index (χ3v) is 4.09. The van der Waals surface area contributed by atoms with Gasteiger partial charge in [-0.15, -0.1) is 0 Å². The first kappa shape index (κ1) is 17.9. The van der Waals surface area contributed by atoms with E-state index in [0.29, 0.717) is 24.6 Å². The smallest absolute Gasteiger partial charge is 0.0785 e. The maximum Gasteiger partial charge on any atom is 0.0785 e. The topological polar surface area (TPSA) is 59.3 Å². The molecule has 0 aliphatic rings. The molecule has 2 unspecified atom stereocenters. The molecule has 0 radical (unpaired) electrons. The number of halogens is 1. The predicted octanol–water partition coefficient (Wildman–Crippen LogP) is 2.88. The molecule has 2 N–H and O–H groups in total. The largest absolute Gasteiger partial charge is 0.391 e. The van der Waals surface area contributed by atoms with Gasteiger partial charge in [-0.2, -0.15) is 5.10 Å². The summed E-state index contributed by atoms with van der Waals surface area (Å²) in [6, 6.07) is 7.79. The van der Waals surface area contributed by atoms with Crippen molar-refractivity contribution in [1.29, 1.82) is 0 Å². The van der Waals surface area contributed by atoms with Crippen LogP contribution in [0.2, 0.25) is 5.02 Å². The molecule has 2 aromatic rings. The zero-order valence-electron chi connectivity index (χ0n) is 13.8. The Morgan fingerprint density at radius 2 is 2.22 bits per heavy atom. The molecule has 0 spiro atoms. The summed E-state index contributed by atoms with van der Waals surface area (Å²) in [5.74, 6) is 0. The van der Waals surface area contributed by atoms with Crippen molar-refractivity contribution in [1.82, 2.24) is 15.1 Å². The number of rotatable bonds is 8. The molecular formula is C17H24ClN3O2. The molecule has 6 heteroatoms. The molecule has 23 heavy (non-hydrogen) atoms. The highest BCUT2D eigenvalue weighted by molar-refractivity contribution is 6.30. The predicted molar refractivity (Wildman–Crippen MR) is 92.2 cm³/mol. The Morgan fingerprint density at radius 1 is 1.43 bits per heavy atom. The van der Waals surface area contributed by atoms with Gasteiger partial charge in [-0.3, -0.25) is 0 Å². The van der Waals surface area contributed by atoms with E-state index in [1.54, 1.807) is 7.11 Å². The minimum absolute atomic E-state index is 0.151. The second kappa shape index (κ2) is 8.45. The van der Waals surface area contributed by atoms with Crippen molar-refractivity contribution in [3.63, 3.8) is 0 Å². The fourth-order valence-electron chi connectivity index (χ4n) is 2.57. The second-order valence-electron chi connectivity index (χ2n) is 5.65. The van der Waals surface area contributed by atoms with Gasteiger partial charge in [0.15, 0.2) is 0 Å². The standard InChI is InChI=1S/C17H24ClN3O2/c1-12(19-8-7-16(22)11-23-3)17-10-20-21(13(17)2)15-6-4-5-14(18)9-15/h4-6,9-10,12,16,19,22H,7-8,11H2,1-3H3. The normalized spacial score (nSPS) is 14.0. The van der Waals surface area contributed by atoms with E-state index in [1.807, 2.05) is 42.1 Å². The van der Waals surface area contributed by atoms with Gasteiger partial charge < -0.3 is 15.2 Å². The lowest BCUT2D eigenvalue weighted by molar-refractivity contribution is 0.0590. The molecule has 0 bridgehead atoms. The van der Waals surface area contributed by atoms with E-state index in [2.05, 4.69) is 17.3 Å². The number of aliphatic hydroxyl groups excluding tert-OH is 1. The molecule has 0 fully saturated rings. The van der Waals surface area contributed by atoms with Crippen LogP contribution in [-0.2, 0) is 4.74 Å². The molecule has 5 nitrogen and oxygen atoms in total. The van der Waals surface area contributed by atoms with Gasteiger partial charge in [0, 0.05) is 29.4 Å². The minimum Gasteiger partial charge on any atom is -0.391 e. The molecule has 1 aromatic heterocycles. The third-order valence-electron chi connectivity index (χ3n) is 3.85. The van der Waals surface area contributed by atoms with Gasteiger partial charge in [-0.25, -0.2) is 4.68 Å². The van der Waals surface area contributed by atoms with Gasteiger partial charge in [0.2, 0.25) is 0 Å². The van der Waals surface area contributed by atoms with Crippen LogP contribution in [0.3, 0.4) is 0 Å². The van der Waals surface area contributed by atoms with Crippen LogP contribution in [0.25, 0.3) is 5.69 Å². The van der Waals surface area contributed by atoms with Crippen LogP contribution in [0.4, 0.5) is 0 Å². The first-order valence-electron chi connectivity index (χ1n) is 7.73. The second-order valence-corrected chi connectivity index (χ2v) is 6.09. The monoisotopic (exact) mass is 337 g/mol. The van der Waals surface area contributed by atoms with Gasteiger partial charge in [0.1, 0.15) is 0 Å². The lowest BCUT2D eigenvalue weighted by Crippen LogP contribution is -2.25. The van der Waals surface area contributed by atoms with Crippen LogP contribution in [0.1, 0.15) is 30.6 Å². The first-order valence-corrected chi connectivity index (χ1v) is 8.11. The highest BCUT2D eigenvalue weighted by Crippen LogP contribution is 2.21. The third kappa shape index (κ3) is 4.78. The van der Waals surface area contributed by atoms with E-state index >= 15 is 0 Å². The number of aliphatic hydroxyl groups is 1. The summed E-state index contributed by atoms with van der Waals surface area (Å²) in [5.41, 5.74) is 3.15. The average Bonchev–Trinajstić information content (AvgIpc) is 2.89. The van der Waals surface area contributed by atoms with E-state index < -0.39 is 6.10 Å². The lowest BCUT2D eigenvalue weighted by atomic mass is 10.1. The molecular weight excluding hydrogens is 314 g/mol. The zero-order chi connectivity index (χ0) is 16.8. The molecule has 0 saturated heterocycles. The Hall–Kier alpha value is -1.40. The maximum atomic E-state index is 9.67. The molecule has 126 valence electrons. The van der Waals surface area contributed by atoms with Gasteiger partial charge in [-0.1, -0.05) is 17.7 Å². The van der Waals surface area contributed by atoms with Crippen molar-refractivity contribution < 1.29 is 9.84 Å². The zero-order valence-corrected chi connectivity index (χ0v) is 14.5. The molecule has 2 atom stereocenters. The number of methoxy groups -OCH3 is 1. The molecule has 0 aliphatic heterocycles. The van der Waals surface area contributed by atoms with Gasteiger partial charge in [-0.05, 0) is 45.0 Å². The Bertz CT molecular complexity index is 630. The van der Waals surface area contributed by atoms with Crippen LogP contribution >= 0.6 is 11.6 Å². The van der Waals surface area contributed by atoms with Crippen molar-refractivity contribution in [3.05, 3.63) is 46.7 Å². The lowest BCUT2D eigenvalue weighted by Gasteiger charge is -2.16. The fourth-order valence-corrected chi connectivity index (χ4v) is 2.75. The Labute approximate surface area is 142 Å². The highest BCUT2D eigenvalue weighted by atomic mass is 35.5. The van der Waals surface area contributed by atoms with Crippen LogP contribution in [0.5, 0.6) is 0 Å². The van der Waals surface area contributed by atoms with Crippen molar-refractivity contribution in [2.75, 3.05) is 20.3 Å². The maximum absolute atomic E-state index is 9.67. The molecule has 1 heterocycles. The Morgan fingerprint density at radius 3 is 2.91 bits per heavy atom. The van der Waals surface area contributed by atoms with Crippen LogP contribution in [-0.4, -0.2) is 41.3 Å². The van der Waals surface area contributed by atoms with Crippen molar-refractivity contribution in [3.8, 4) is 5.69 Å². The number of hydrogen-bond acceptors (Lipinski definition) is 4. The van der Waals surface area contributed by atoms with Crippen LogP contribution < -0.4 is 5.32 Å². The molecule has 0 aliphatic carbocycles. The van der Waals surface area contributed by atoms with Gasteiger partial charge in [0.25, 0.3) is 0 Å². The fraction of sp³-hybridized carbons (Fsp3) is 0.471. The van der Waals surface area contributed by atoms with E-state index in [0.717, 1.165) is 16.9 Å².